The molecule has 5 heteroatoms. The van der Waals surface area contributed by atoms with Gasteiger partial charge in [0, 0.05) is 25.0 Å². The zero-order valence-corrected chi connectivity index (χ0v) is 14.7. The number of pyridine rings is 1. The van der Waals surface area contributed by atoms with Gasteiger partial charge in [0.05, 0.1) is 0 Å². The topological polar surface area (TPSA) is 71.2 Å². The standard InChI is InChI=1S/C20H26N4O/c1-15-7-10-24(11-8-15)14-17-4-2-16(3-5-17)13-23-18-6-9-22-19(12-18)20(21)25/h2-6,9,12,15H,7-8,10-11,13-14H2,1H3,(H2,21,25)(H,22,23). The van der Waals surface area contributed by atoms with Crippen molar-refractivity contribution in [2.24, 2.45) is 11.7 Å². The number of carbonyl (C=O) groups excluding carboxylic acids is 1. The van der Waals surface area contributed by atoms with E-state index in [-0.39, 0.29) is 5.69 Å². The van der Waals surface area contributed by atoms with Crippen molar-refractivity contribution in [3.8, 4) is 0 Å². The molecule has 5 nitrogen and oxygen atoms in total. The fraction of sp³-hybridized carbons (Fsp3) is 0.400. The van der Waals surface area contributed by atoms with Gasteiger partial charge in [-0.25, -0.2) is 0 Å². The van der Waals surface area contributed by atoms with E-state index in [2.05, 4.69) is 46.4 Å². The third kappa shape index (κ3) is 5.03. The number of nitrogens with zero attached hydrogens (tertiary/aromatic N) is 2. The molecular weight excluding hydrogens is 312 g/mol. The number of aromatic nitrogens is 1. The van der Waals surface area contributed by atoms with Crippen molar-refractivity contribution in [1.82, 2.24) is 9.88 Å². The first-order valence-electron chi connectivity index (χ1n) is 8.90. The van der Waals surface area contributed by atoms with Crippen LogP contribution in [0, 0.1) is 5.92 Å². The summed E-state index contributed by atoms with van der Waals surface area (Å²) in [5, 5.41) is 3.30. The lowest BCUT2D eigenvalue weighted by atomic mass is 9.99. The van der Waals surface area contributed by atoms with Gasteiger partial charge >= 0.3 is 0 Å². The van der Waals surface area contributed by atoms with Crippen molar-refractivity contribution in [3.63, 3.8) is 0 Å². The molecular formula is C20H26N4O. The van der Waals surface area contributed by atoms with Gasteiger partial charge in [-0.05, 0) is 55.1 Å². The van der Waals surface area contributed by atoms with Crippen molar-refractivity contribution in [3.05, 3.63) is 59.4 Å². The molecule has 1 amide bonds. The normalized spacial score (nSPS) is 15.9. The van der Waals surface area contributed by atoms with Crippen molar-refractivity contribution in [1.29, 1.82) is 0 Å². The van der Waals surface area contributed by atoms with Crippen molar-refractivity contribution < 1.29 is 4.79 Å². The summed E-state index contributed by atoms with van der Waals surface area (Å²) in [6.45, 7) is 6.48. The van der Waals surface area contributed by atoms with Gasteiger partial charge in [0.1, 0.15) is 5.69 Å². The second-order valence-electron chi connectivity index (χ2n) is 6.92. The zero-order chi connectivity index (χ0) is 17.6. The number of hydrogen-bond donors (Lipinski definition) is 2. The van der Waals surface area contributed by atoms with Gasteiger partial charge in [-0.2, -0.15) is 0 Å². The molecule has 1 aliphatic rings. The third-order valence-corrected chi connectivity index (χ3v) is 4.81. The first-order valence-corrected chi connectivity index (χ1v) is 8.90. The molecule has 1 aliphatic heterocycles. The van der Waals surface area contributed by atoms with Gasteiger partial charge in [-0.15, -0.1) is 0 Å². The van der Waals surface area contributed by atoms with Gasteiger partial charge in [0.2, 0.25) is 0 Å². The lowest BCUT2D eigenvalue weighted by molar-refractivity contribution is 0.0995. The van der Waals surface area contributed by atoms with Gasteiger partial charge in [-0.1, -0.05) is 31.2 Å². The average molecular weight is 338 g/mol. The van der Waals surface area contributed by atoms with Gasteiger partial charge in [-0.3, -0.25) is 14.7 Å². The van der Waals surface area contributed by atoms with Crippen molar-refractivity contribution in [2.75, 3.05) is 18.4 Å². The molecule has 0 bridgehead atoms. The van der Waals surface area contributed by atoms with Crippen LogP contribution in [0.25, 0.3) is 0 Å². The zero-order valence-electron chi connectivity index (χ0n) is 14.7. The largest absolute Gasteiger partial charge is 0.381 e. The summed E-state index contributed by atoms with van der Waals surface area (Å²) < 4.78 is 0. The number of nitrogens with two attached hydrogens (primary N) is 1. The molecule has 1 aromatic heterocycles. The minimum Gasteiger partial charge on any atom is -0.381 e. The fourth-order valence-electron chi connectivity index (χ4n) is 3.12. The van der Waals surface area contributed by atoms with E-state index in [1.165, 1.54) is 37.1 Å². The molecule has 3 N–H and O–H groups in total. The summed E-state index contributed by atoms with van der Waals surface area (Å²) in [6.07, 6.45) is 4.20. The quantitative estimate of drug-likeness (QED) is 0.849. The number of amides is 1. The summed E-state index contributed by atoms with van der Waals surface area (Å²) in [6, 6.07) is 12.2. The summed E-state index contributed by atoms with van der Waals surface area (Å²) in [7, 11) is 0. The van der Waals surface area contributed by atoms with Crippen LogP contribution in [0.2, 0.25) is 0 Å². The van der Waals surface area contributed by atoms with Crippen LogP contribution in [0.5, 0.6) is 0 Å². The summed E-state index contributed by atoms with van der Waals surface area (Å²) >= 11 is 0. The van der Waals surface area contributed by atoms with Crippen LogP contribution in [0.1, 0.15) is 41.4 Å². The molecule has 3 rings (SSSR count). The van der Waals surface area contributed by atoms with Crippen LogP contribution in [0.15, 0.2) is 42.6 Å². The Labute approximate surface area is 149 Å². The summed E-state index contributed by atoms with van der Waals surface area (Å²) in [4.78, 5) is 17.7. The number of anilines is 1. The molecule has 0 atom stereocenters. The molecule has 0 spiro atoms. The van der Waals surface area contributed by atoms with E-state index in [0.29, 0.717) is 6.54 Å². The Balaban J connectivity index is 1.52. The number of likely N-dealkylation sites (tertiary alicyclic amines) is 1. The number of rotatable bonds is 6. The Morgan fingerprint density at radius 3 is 2.56 bits per heavy atom. The fourth-order valence-corrected chi connectivity index (χ4v) is 3.12. The number of primary amides is 1. The Kier molecular flexibility index (Phi) is 5.66. The monoisotopic (exact) mass is 338 g/mol. The number of benzene rings is 1. The maximum atomic E-state index is 11.2. The highest BCUT2D eigenvalue weighted by molar-refractivity contribution is 5.91. The van der Waals surface area contributed by atoms with E-state index in [9.17, 15) is 4.79 Å². The highest BCUT2D eigenvalue weighted by Gasteiger charge is 2.15. The van der Waals surface area contributed by atoms with E-state index in [1.807, 2.05) is 6.07 Å². The molecule has 1 aromatic carbocycles. The second-order valence-corrected chi connectivity index (χ2v) is 6.92. The highest BCUT2D eigenvalue weighted by atomic mass is 16.1. The number of nitrogens with one attached hydrogen (secondary N) is 1. The third-order valence-electron chi connectivity index (χ3n) is 4.81. The van der Waals surface area contributed by atoms with Gasteiger partial charge in [0.25, 0.3) is 5.91 Å². The maximum Gasteiger partial charge on any atom is 0.267 e. The molecule has 1 fully saturated rings. The van der Waals surface area contributed by atoms with E-state index >= 15 is 0 Å². The molecule has 132 valence electrons. The molecule has 0 saturated carbocycles. The van der Waals surface area contributed by atoms with E-state index in [1.54, 1.807) is 12.3 Å². The van der Waals surface area contributed by atoms with E-state index in [0.717, 1.165) is 18.2 Å². The number of carbonyl (C=O) groups is 1. The van der Waals surface area contributed by atoms with Crippen LogP contribution in [-0.2, 0) is 13.1 Å². The van der Waals surface area contributed by atoms with Gasteiger partial charge < -0.3 is 11.1 Å². The second kappa shape index (κ2) is 8.12. The van der Waals surface area contributed by atoms with Crippen LogP contribution in [0.4, 0.5) is 5.69 Å². The molecule has 0 radical (unpaired) electrons. The number of hydrogen-bond acceptors (Lipinski definition) is 4. The summed E-state index contributed by atoms with van der Waals surface area (Å²) in [5.41, 5.74) is 8.94. The molecule has 0 aliphatic carbocycles. The lowest BCUT2D eigenvalue weighted by Crippen LogP contribution is -2.32. The molecule has 0 unspecified atom stereocenters. The number of piperidine rings is 1. The van der Waals surface area contributed by atoms with E-state index in [4.69, 9.17) is 5.73 Å². The molecule has 25 heavy (non-hydrogen) atoms. The molecule has 2 aromatic rings. The predicted molar refractivity (Wildman–Crippen MR) is 100 cm³/mol. The van der Waals surface area contributed by atoms with Crippen molar-refractivity contribution in [2.45, 2.75) is 32.9 Å². The van der Waals surface area contributed by atoms with Crippen LogP contribution in [-0.4, -0.2) is 28.9 Å². The first-order chi connectivity index (χ1) is 12.1. The lowest BCUT2D eigenvalue weighted by Gasteiger charge is -2.30. The Hall–Kier alpha value is -2.40. The Morgan fingerprint density at radius 1 is 1.20 bits per heavy atom. The van der Waals surface area contributed by atoms with Crippen LogP contribution >= 0.6 is 0 Å². The molecule has 1 saturated heterocycles. The van der Waals surface area contributed by atoms with Crippen molar-refractivity contribution >= 4 is 11.6 Å². The minimum atomic E-state index is -0.514. The Bertz CT molecular complexity index is 706. The summed E-state index contributed by atoms with van der Waals surface area (Å²) in [5.74, 6) is 0.355. The first kappa shape index (κ1) is 17.4. The SMILES string of the molecule is CC1CCN(Cc2ccc(CNc3ccnc(C(N)=O)c3)cc2)CC1. The molecule has 2 heterocycles. The highest BCUT2D eigenvalue weighted by Crippen LogP contribution is 2.18. The minimum absolute atomic E-state index is 0.274. The van der Waals surface area contributed by atoms with Crippen LogP contribution in [0.3, 0.4) is 0 Å². The van der Waals surface area contributed by atoms with Gasteiger partial charge in [0.15, 0.2) is 0 Å². The maximum absolute atomic E-state index is 11.2. The smallest absolute Gasteiger partial charge is 0.267 e. The van der Waals surface area contributed by atoms with Crippen LogP contribution < -0.4 is 11.1 Å². The predicted octanol–water partition coefficient (Wildman–Crippen LogP) is 3.02. The Morgan fingerprint density at radius 2 is 1.88 bits per heavy atom. The average Bonchev–Trinajstić information content (AvgIpc) is 2.63. The van der Waals surface area contributed by atoms with E-state index < -0.39 is 5.91 Å².